The smallest absolute Gasteiger partial charge is 0.261 e. The van der Waals surface area contributed by atoms with Crippen LogP contribution in [0.25, 0.3) is 11.5 Å². The maximum absolute atomic E-state index is 5.71. The first kappa shape index (κ1) is 13.8. The summed E-state index contributed by atoms with van der Waals surface area (Å²) in [7, 11) is 0. The summed E-state index contributed by atoms with van der Waals surface area (Å²) < 4.78 is 11.0. The number of ether oxygens (including phenoxy) is 1. The summed E-state index contributed by atoms with van der Waals surface area (Å²) in [6.07, 6.45) is 4.74. The molecule has 1 fully saturated rings. The molecule has 0 N–H and O–H groups in total. The second kappa shape index (κ2) is 6.05. The van der Waals surface area contributed by atoms with Crippen molar-refractivity contribution in [3.8, 4) is 11.5 Å². The van der Waals surface area contributed by atoms with Crippen LogP contribution in [0.3, 0.4) is 0 Å². The van der Waals surface area contributed by atoms with E-state index in [9.17, 15) is 0 Å². The van der Waals surface area contributed by atoms with E-state index in [1.54, 1.807) is 19.2 Å². The number of hydrogen-bond acceptors (Lipinski definition) is 6. The van der Waals surface area contributed by atoms with Crippen LogP contribution in [0.1, 0.15) is 12.2 Å². The Morgan fingerprint density at radius 2 is 2.48 bits per heavy atom. The Hall–Kier alpha value is -2.21. The van der Waals surface area contributed by atoms with Gasteiger partial charge in [-0.25, -0.2) is 4.98 Å². The Morgan fingerprint density at radius 3 is 3.24 bits per heavy atom. The van der Waals surface area contributed by atoms with E-state index < -0.39 is 0 Å². The molecule has 0 aliphatic carbocycles. The molecule has 1 aliphatic heterocycles. The molecule has 110 valence electrons. The molecule has 0 spiro atoms. The average molecular weight is 286 g/mol. The molecule has 2 aromatic heterocycles. The van der Waals surface area contributed by atoms with Crippen LogP contribution in [-0.4, -0.2) is 40.9 Å². The van der Waals surface area contributed by atoms with Crippen molar-refractivity contribution in [2.45, 2.75) is 19.4 Å². The molecule has 1 unspecified atom stereocenters. The van der Waals surface area contributed by atoms with Crippen molar-refractivity contribution in [3.63, 3.8) is 0 Å². The molecule has 3 rings (SSSR count). The van der Waals surface area contributed by atoms with Gasteiger partial charge in [-0.1, -0.05) is 11.2 Å². The zero-order valence-electron chi connectivity index (χ0n) is 12.0. The van der Waals surface area contributed by atoms with Crippen LogP contribution in [0.5, 0.6) is 0 Å². The highest BCUT2D eigenvalue weighted by Crippen LogP contribution is 2.30. The van der Waals surface area contributed by atoms with Gasteiger partial charge >= 0.3 is 0 Å². The molecular formula is C15H18N4O2. The minimum absolute atomic E-state index is 0.210. The SMILES string of the molecule is C=CCOC1CCN(c2ncccc2-c2nc(C)no2)C1. The summed E-state index contributed by atoms with van der Waals surface area (Å²) >= 11 is 0. The Morgan fingerprint density at radius 1 is 1.57 bits per heavy atom. The van der Waals surface area contributed by atoms with Crippen LogP contribution in [-0.2, 0) is 4.74 Å². The van der Waals surface area contributed by atoms with Crippen molar-refractivity contribution in [2.24, 2.45) is 0 Å². The van der Waals surface area contributed by atoms with Crippen LogP contribution in [0.2, 0.25) is 0 Å². The van der Waals surface area contributed by atoms with E-state index in [2.05, 4.69) is 26.6 Å². The summed E-state index contributed by atoms with van der Waals surface area (Å²) in [5, 5.41) is 3.85. The standard InChI is InChI=1S/C15H18N4O2/c1-3-9-20-12-6-8-19(10-12)14-13(5-4-7-16-14)15-17-11(2)18-21-15/h3-5,7,12H,1,6,8-10H2,2H3. The van der Waals surface area contributed by atoms with Gasteiger partial charge in [-0.2, -0.15) is 4.98 Å². The molecule has 21 heavy (non-hydrogen) atoms. The summed E-state index contributed by atoms with van der Waals surface area (Å²) in [5.41, 5.74) is 0.863. The summed E-state index contributed by atoms with van der Waals surface area (Å²) in [4.78, 5) is 11.0. The fraction of sp³-hybridized carbons (Fsp3) is 0.400. The fourth-order valence-electron chi connectivity index (χ4n) is 2.48. The molecule has 2 aromatic rings. The molecular weight excluding hydrogens is 268 g/mol. The molecule has 0 saturated carbocycles. The Bertz CT molecular complexity index is 626. The molecule has 3 heterocycles. The van der Waals surface area contributed by atoms with Crippen LogP contribution >= 0.6 is 0 Å². The minimum atomic E-state index is 0.210. The van der Waals surface area contributed by atoms with Crippen LogP contribution < -0.4 is 4.90 Å². The van der Waals surface area contributed by atoms with Gasteiger partial charge in [0.05, 0.1) is 18.3 Å². The van der Waals surface area contributed by atoms with Crippen LogP contribution in [0, 0.1) is 6.92 Å². The zero-order valence-corrected chi connectivity index (χ0v) is 12.0. The predicted molar refractivity (Wildman–Crippen MR) is 79.0 cm³/mol. The molecule has 6 nitrogen and oxygen atoms in total. The minimum Gasteiger partial charge on any atom is -0.372 e. The van der Waals surface area contributed by atoms with Gasteiger partial charge in [0.25, 0.3) is 5.89 Å². The maximum atomic E-state index is 5.71. The van der Waals surface area contributed by atoms with Crippen molar-refractivity contribution in [3.05, 3.63) is 36.8 Å². The second-order valence-corrected chi connectivity index (χ2v) is 5.00. The van der Waals surface area contributed by atoms with E-state index in [1.165, 1.54) is 0 Å². The number of aryl methyl sites for hydroxylation is 1. The van der Waals surface area contributed by atoms with E-state index in [0.717, 1.165) is 30.9 Å². The highest BCUT2D eigenvalue weighted by atomic mass is 16.5. The van der Waals surface area contributed by atoms with Gasteiger partial charge in [0.2, 0.25) is 0 Å². The van der Waals surface area contributed by atoms with Crippen LogP contribution in [0.4, 0.5) is 5.82 Å². The quantitative estimate of drug-likeness (QED) is 0.785. The van der Waals surface area contributed by atoms with Crippen molar-refractivity contribution in [1.29, 1.82) is 0 Å². The fourth-order valence-corrected chi connectivity index (χ4v) is 2.48. The lowest BCUT2D eigenvalue weighted by atomic mass is 10.2. The Labute approximate surface area is 123 Å². The van der Waals surface area contributed by atoms with Crippen molar-refractivity contribution >= 4 is 5.82 Å². The van der Waals surface area contributed by atoms with Gasteiger partial charge in [-0.3, -0.25) is 0 Å². The van der Waals surface area contributed by atoms with Gasteiger partial charge in [0, 0.05) is 19.3 Å². The lowest BCUT2D eigenvalue weighted by molar-refractivity contribution is 0.0909. The lowest BCUT2D eigenvalue weighted by Gasteiger charge is -2.19. The van der Waals surface area contributed by atoms with Gasteiger partial charge in [-0.15, -0.1) is 6.58 Å². The molecule has 0 radical (unpaired) electrons. The van der Waals surface area contributed by atoms with Gasteiger partial charge in [-0.05, 0) is 25.5 Å². The zero-order chi connectivity index (χ0) is 14.7. The largest absolute Gasteiger partial charge is 0.372 e. The van der Waals surface area contributed by atoms with Crippen molar-refractivity contribution in [1.82, 2.24) is 15.1 Å². The molecule has 1 atom stereocenters. The first-order chi connectivity index (χ1) is 10.3. The number of pyridine rings is 1. The molecule has 0 aromatic carbocycles. The van der Waals surface area contributed by atoms with Gasteiger partial charge < -0.3 is 14.2 Å². The average Bonchev–Trinajstić information content (AvgIpc) is 3.14. The summed E-state index contributed by atoms with van der Waals surface area (Å²) in [6, 6.07) is 3.83. The third-order valence-electron chi connectivity index (χ3n) is 3.44. The first-order valence-corrected chi connectivity index (χ1v) is 7.01. The topological polar surface area (TPSA) is 64.3 Å². The Kier molecular flexibility index (Phi) is 3.96. The number of nitrogens with zero attached hydrogens (tertiary/aromatic N) is 4. The first-order valence-electron chi connectivity index (χ1n) is 7.01. The van der Waals surface area contributed by atoms with E-state index in [1.807, 2.05) is 12.1 Å². The summed E-state index contributed by atoms with van der Waals surface area (Å²) in [6.45, 7) is 7.77. The monoisotopic (exact) mass is 286 g/mol. The number of hydrogen-bond donors (Lipinski definition) is 0. The van der Waals surface area contributed by atoms with Crippen molar-refractivity contribution in [2.75, 3.05) is 24.6 Å². The highest BCUT2D eigenvalue weighted by molar-refractivity contribution is 5.70. The normalized spacial score (nSPS) is 18.1. The van der Waals surface area contributed by atoms with Crippen molar-refractivity contribution < 1.29 is 9.26 Å². The molecule has 0 amide bonds. The third kappa shape index (κ3) is 2.95. The molecule has 1 saturated heterocycles. The number of rotatable bonds is 5. The van der Waals surface area contributed by atoms with E-state index in [-0.39, 0.29) is 6.10 Å². The lowest BCUT2D eigenvalue weighted by Crippen LogP contribution is -2.24. The Balaban J connectivity index is 1.82. The number of aromatic nitrogens is 3. The second-order valence-electron chi connectivity index (χ2n) is 5.00. The van der Waals surface area contributed by atoms with Gasteiger partial charge in [0.1, 0.15) is 5.82 Å². The molecule has 1 aliphatic rings. The van der Waals surface area contributed by atoms with E-state index in [0.29, 0.717) is 18.3 Å². The van der Waals surface area contributed by atoms with Crippen LogP contribution in [0.15, 0.2) is 35.5 Å². The third-order valence-corrected chi connectivity index (χ3v) is 3.44. The molecule has 0 bridgehead atoms. The predicted octanol–water partition coefficient (Wildman–Crippen LogP) is 2.22. The number of anilines is 1. The summed E-state index contributed by atoms with van der Waals surface area (Å²) in [5.74, 6) is 1.99. The maximum Gasteiger partial charge on any atom is 0.261 e. The highest BCUT2D eigenvalue weighted by Gasteiger charge is 2.26. The van der Waals surface area contributed by atoms with E-state index in [4.69, 9.17) is 9.26 Å². The molecule has 6 heteroatoms. The van der Waals surface area contributed by atoms with E-state index >= 15 is 0 Å². The van der Waals surface area contributed by atoms with Gasteiger partial charge in [0.15, 0.2) is 5.82 Å².